The van der Waals surface area contributed by atoms with Gasteiger partial charge in [-0.15, -0.1) is 0 Å². The molecule has 0 aliphatic rings. The molecule has 4 aromatic rings. The predicted molar refractivity (Wildman–Crippen MR) is 101 cm³/mol. The minimum atomic E-state index is -0.390. The average Bonchev–Trinajstić information content (AvgIpc) is 3.22. The van der Waals surface area contributed by atoms with E-state index in [4.69, 9.17) is 13.6 Å². The van der Waals surface area contributed by atoms with Crippen LogP contribution in [-0.4, -0.2) is 12.5 Å². The van der Waals surface area contributed by atoms with E-state index in [-0.39, 0.29) is 29.5 Å². The number of hydrogen-bond donors (Lipinski definition) is 1. The van der Waals surface area contributed by atoms with Crippen LogP contribution in [0.1, 0.15) is 0 Å². The number of para-hydroxylation sites is 2. The van der Waals surface area contributed by atoms with Gasteiger partial charge in [-0.1, -0.05) is 30.3 Å². The van der Waals surface area contributed by atoms with Gasteiger partial charge in [0.25, 0.3) is 5.91 Å². The number of carbonyl (C=O) groups is 1. The molecule has 0 saturated heterocycles. The number of benzene rings is 2. The zero-order valence-corrected chi connectivity index (χ0v) is 14.2. The lowest BCUT2D eigenvalue weighted by atomic mass is 10.2. The molecule has 0 aliphatic carbocycles. The second kappa shape index (κ2) is 7.21. The molecule has 0 spiro atoms. The second-order valence-electron chi connectivity index (χ2n) is 5.77. The number of fused-ring (bicyclic) bond motifs is 1. The highest BCUT2D eigenvalue weighted by molar-refractivity contribution is 5.92. The van der Waals surface area contributed by atoms with Gasteiger partial charge in [0.05, 0.1) is 11.6 Å². The van der Waals surface area contributed by atoms with Crippen LogP contribution >= 0.6 is 0 Å². The van der Waals surface area contributed by atoms with Crippen molar-refractivity contribution in [1.82, 2.24) is 0 Å². The van der Waals surface area contributed by atoms with Gasteiger partial charge >= 0.3 is 0 Å². The summed E-state index contributed by atoms with van der Waals surface area (Å²) in [6, 6.07) is 19.2. The highest BCUT2D eigenvalue weighted by Gasteiger charge is 2.20. The van der Waals surface area contributed by atoms with Crippen LogP contribution in [-0.2, 0) is 4.79 Å². The largest absolute Gasteiger partial charge is 0.476 e. The molecule has 0 bridgehead atoms. The van der Waals surface area contributed by atoms with Crippen LogP contribution in [0.3, 0.4) is 0 Å². The third-order valence-electron chi connectivity index (χ3n) is 3.91. The number of furan rings is 1. The molecule has 0 radical (unpaired) electrons. The lowest BCUT2D eigenvalue weighted by Crippen LogP contribution is -2.22. The van der Waals surface area contributed by atoms with Crippen molar-refractivity contribution in [1.29, 1.82) is 0 Å². The summed E-state index contributed by atoms with van der Waals surface area (Å²) in [5, 5.41) is 3.07. The van der Waals surface area contributed by atoms with E-state index in [9.17, 15) is 9.59 Å². The number of hydrogen-bond acceptors (Lipinski definition) is 5. The molecule has 2 aromatic carbocycles. The van der Waals surface area contributed by atoms with Gasteiger partial charge in [0.1, 0.15) is 5.58 Å². The number of anilines is 1. The van der Waals surface area contributed by atoms with E-state index in [1.54, 1.807) is 48.5 Å². The third-order valence-corrected chi connectivity index (χ3v) is 3.91. The Balaban J connectivity index is 1.66. The van der Waals surface area contributed by atoms with Crippen LogP contribution in [0.4, 0.5) is 5.69 Å². The topological polar surface area (TPSA) is 81.7 Å². The summed E-state index contributed by atoms with van der Waals surface area (Å²) in [4.78, 5) is 25.0. The molecule has 27 heavy (non-hydrogen) atoms. The highest BCUT2D eigenvalue weighted by Crippen LogP contribution is 2.31. The Morgan fingerprint density at radius 3 is 2.52 bits per heavy atom. The molecule has 1 amide bonds. The smallest absolute Gasteiger partial charge is 0.262 e. The van der Waals surface area contributed by atoms with Crippen LogP contribution < -0.4 is 15.5 Å². The molecule has 2 aromatic heterocycles. The van der Waals surface area contributed by atoms with Crippen molar-refractivity contribution in [2.24, 2.45) is 0 Å². The molecule has 0 unspecified atom stereocenters. The van der Waals surface area contributed by atoms with E-state index >= 15 is 0 Å². The molecule has 1 N–H and O–H groups in total. The predicted octanol–water partition coefficient (Wildman–Crippen LogP) is 4.07. The molecule has 6 heteroatoms. The van der Waals surface area contributed by atoms with Crippen molar-refractivity contribution >= 4 is 22.6 Å². The molecule has 0 atom stereocenters. The molecule has 6 nitrogen and oxygen atoms in total. The average molecular weight is 361 g/mol. The first kappa shape index (κ1) is 16.7. The molecule has 0 saturated carbocycles. The van der Waals surface area contributed by atoms with Gasteiger partial charge in [-0.25, -0.2) is 0 Å². The summed E-state index contributed by atoms with van der Waals surface area (Å²) < 4.78 is 16.7. The third kappa shape index (κ3) is 3.46. The Morgan fingerprint density at radius 1 is 0.963 bits per heavy atom. The zero-order valence-electron chi connectivity index (χ0n) is 14.2. The molecular formula is C21H15NO5. The summed E-state index contributed by atoms with van der Waals surface area (Å²) in [5.74, 6) is 0.0403. The van der Waals surface area contributed by atoms with Crippen LogP contribution in [0.2, 0.25) is 0 Å². The summed E-state index contributed by atoms with van der Waals surface area (Å²) in [7, 11) is 0. The quantitative estimate of drug-likeness (QED) is 0.579. The zero-order chi connectivity index (χ0) is 18.6. The van der Waals surface area contributed by atoms with Gasteiger partial charge in [0.15, 0.2) is 12.4 Å². The van der Waals surface area contributed by atoms with Gasteiger partial charge in [-0.3, -0.25) is 9.59 Å². The van der Waals surface area contributed by atoms with Gasteiger partial charge in [0, 0.05) is 5.69 Å². The van der Waals surface area contributed by atoms with Crippen molar-refractivity contribution in [2.75, 3.05) is 11.9 Å². The summed E-state index contributed by atoms with van der Waals surface area (Å²) in [6.07, 6.45) is 1.47. The van der Waals surface area contributed by atoms with E-state index in [0.29, 0.717) is 22.4 Å². The normalized spacial score (nSPS) is 10.7. The lowest BCUT2D eigenvalue weighted by molar-refractivity contribution is -0.118. The Hall–Kier alpha value is -3.80. The number of rotatable bonds is 5. The SMILES string of the molecule is O=C(COc1c(-c2ccco2)oc2ccccc2c1=O)Nc1ccccc1. The van der Waals surface area contributed by atoms with E-state index in [0.717, 1.165) is 0 Å². The number of amides is 1. The molecule has 2 heterocycles. The number of ether oxygens (including phenoxy) is 1. The van der Waals surface area contributed by atoms with Crippen LogP contribution in [0, 0.1) is 0 Å². The van der Waals surface area contributed by atoms with Crippen LogP contribution in [0.15, 0.2) is 86.6 Å². The van der Waals surface area contributed by atoms with Gasteiger partial charge < -0.3 is 18.9 Å². The fourth-order valence-corrected chi connectivity index (χ4v) is 2.68. The lowest BCUT2D eigenvalue weighted by Gasteiger charge is -2.10. The van der Waals surface area contributed by atoms with Crippen molar-refractivity contribution in [3.05, 3.63) is 83.2 Å². The van der Waals surface area contributed by atoms with Crippen molar-refractivity contribution in [2.45, 2.75) is 0 Å². The first-order valence-corrected chi connectivity index (χ1v) is 8.30. The maximum atomic E-state index is 12.9. The van der Waals surface area contributed by atoms with Crippen LogP contribution in [0.25, 0.3) is 22.5 Å². The molecular weight excluding hydrogens is 346 g/mol. The fourth-order valence-electron chi connectivity index (χ4n) is 2.68. The minimum Gasteiger partial charge on any atom is -0.476 e. The maximum Gasteiger partial charge on any atom is 0.262 e. The first-order chi connectivity index (χ1) is 13.2. The van der Waals surface area contributed by atoms with Gasteiger partial charge in [-0.05, 0) is 36.4 Å². The van der Waals surface area contributed by atoms with Crippen molar-refractivity contribution < 1.29 is 18.4 Å². The minimum absolute atomic E-state index is 0.0631. The fraction of sp³-hybridized carbons (Fsp3) is 0.0476. The summed E-state index contributed by atoms with van der Waals surface area (Å²) in [6.45, 7) is -0.342. The van der Waals surface area contributed by atoms with E-state index in [1.807, 2.05) is 18.2 Å². The van der Waals surface area contributed by atoms with E-state index in [1.165, 1.54) is 6.26 Å². The summed E-state index contributed by atoms with van der Waals surface area (Å²) >= 11 is 0. The number of carbonyl (C=O) groups excluding carboxylic acids is 1. The first-order valence-electron chi connectivity index (χ1n) is 8.30. The number of nitrogens with one attached hydrogen (secondary N) is 1. The monoisotopic (exact) mass is 361 g/mol. The standard InChI is InChI=1S/C21H15NO5/c23-18(22-14-7-2-1-3-8-14)13-26-21-19(24)15-9-4-5-10-16(15)27-20(21)17-11-6-12-25-17/h1-12H,13H2,(H,22,23). The van der Waals surface area contributed by atoms with Gasteiger partial charge in [-0.2, -0.15) is 0 Å². The van der Waals surface area contributed by atoms with E-state index in [2.05, 4.69) is 5.32 Å². The molecule has 134 valence electrons. The Morgan fingerprint density at radius 2 is 1.74 bits per heavy atom. The maximum absolute atomic E-state index is 12.9. The van der Waals surface area contributed by atoms with Crippen molar-refractivity contribution in [3.8, 4) is 17.3 Å². The molecule has 0 fully saturated rings. The van der Waals surface area contributed by atoms with Gasteiger partial charge in [0.2, 0.25) is 16.9 Å². The van der Waals surface area contributed by atoms with Crippen LogP contribution in [0.5, 0.6) is 5.75 Å². The second-order valence-corrected chi connectivity index (χ2v) is 5.77. The van der Waals surface area contributed by atoms with Crippen molar-refractivity contribution in [3.63, 3.8) is 0 Å². The molecule has 4 rings (SSSR count). The highest BCUT2D eigenvalue weighted by atomic mass is 16.5. The van der Waals surface area contributed by atoms with E-state index < -0.39 is 0 Å². The summed E-state index contributed by atoms with van der Waals surface area (Å²) in [5.41, 5.74) is 0.689. The Kier molecular flexibility index (Phi) is 4.45. The Bertz CT molecular complexity index is 1130. The Labute approximate surface area is 154 Å². The molecule has 0 aliphatic heterocycles.